The monoisotopic (exact) mass is 523 g/mol. The summed E-state index contributed by atoms with van der Waals surface area (Å²) in [6.45, 7) is 1.91. The molecular formula is C25H22ClN5O2S2. The van der Waals surface area contributed by atoms with E-state index in [0.717, 1.165) is 17.1 Å². The molecule has 1 N–H and O–H groups in total. The Kier molecular flexibility index (Phi) is 6.16. The van der Waals surface area contributed by atoms with Gasteiger partial charge in [0.2, 0.25) is 5.91 Å². The van der Waals surface area contributed by atoms with Crippen molar-refractivity contribution in [2.45, 2.75) is 24.8 Å². The van der Waals surface area contributed by atoms with Crippen molar-refractivity contribution in [2.75, 3.05) is 5.32 Å². The van der Waals surface area contributed by atoms with Gasteiger partial charge in [-0.25, -0.2) is 4.98 Å². The standard InChI is InChI=1S/C25H22ClN5O2S2/c1-15-12-22(30(2)29-15)28-21-9-5-8-20(27-21)25(16-10-11-35-14-16)13-19(32)23(24(33)31(25)34)17-6-3-4-7-18(17)26/h3-12,14,23,34H,13H2,1-2H3,(H,27,28). The van der Waals surface area contributed by atoms with Crippen molar-refractivity contribution >= 4 is 59.1 Å². The fourth-order valence-corrected chi connectivity index (χ4v) is 5.93. The molecule has 1 fully saturated rings. The second kappa shape index (κ2) is 9.14. The lowest BCUT2D eigenvalue weighted by atomic mass is 9.75. The lowest BCUT2D eigenvalue weighted by Crippen LogP contribution is -2.54. The summed E-state index contributed by atoms with van der Waals surface area (Å²) < 4.78 is 3.08. The van der Waals surface area contributed by atoms with Crippen LogP contribution in [0.5, 0.6) is 0 Å². The van der Waals surface area contributed by atoms with E-state index in [1.807, 2.05) is 55.1 Å². The Balaban J connectivity index is 1.60. The van der Waals surface area contributed by atoms with Gasteiger partial charge in [0, 0.05) is 24.6 Å². The molecule has 0 bridgehead atoms. The molecule has 1 saturated heterocycles. The number of pyridine rings is 1. The van der Waals surface area contributed by atoms with Crippen LogP contribution in [0, 0.1) is 6.92 Å². The van der Waals surface area contributed by atoms with E-state index in [2.05, 4.69) is 10.4 Å². The SMILES string of the molecule is Cc1cc(Nc2cccc(C3(c4ccsc4)CC(=O)C(c4ccccc4Cl)C(=O)N3S)n2)n(C)n1. The van der Waals surface area contributed by atoms with Crippen LogP contribution in [-0.2, 0) is 22.2 Å². The van der Waals surface area contributed by atoms with Gasteiger partial charge in [0.1, 0.15) is 23.1 Å². The Hall–Kier alpha value is -3.14. The number of aryl methyl sites for hydroxylation is 2. The van der Waals surface area contributed by atoms with Gasteiger partial charge < -0.3 is 5.32 Å². The number of thiol groups is 1. The highest BCUT2D eigenvalue weighted by Gasteiger charge is 2.53. The highest BCUT2D eigenvalue weighted by atomic mass is 35.5. The molecule has 4 aromatic rings. The first-order chi connectivity index (χ1) is 16.8. The molecular weight excluding hydrogens is 502 g/mol. The number of hydrogen-bond donors (Lipinski definition) is 2. The molecule has 2 atom stereocenters. The minimum Gasteiger partial charge on any atom is -0.325 e. The van der Waals surface area contributed by atoms with Crippen molar-refractivity contribution in [2.24, 2.45) is 7.05 Å². The number of thiophene rings is 1. The molecule has 2 unspecified atom stereocenters. The van der Waals surface area contributed by atoms with Crippen LogP contribution in [0.25, 0.3) is 0 Å². The number of benzene rings is 1. The number of anilines is 2. The molecule has 35 heavy (non-hydrogen) atoms. The maximum absolute atomic E-state index is 13.7. The van der Waals surface area contributed by atoms with Crippen LogP contribution >= 0.6 is 35.8 Å². The molecule has 5 rings (SSSR count). The van der Waals surface area contributed by atoms with Gasteiger partial charge >= 0.3 is 0 Å². The molecule has 178 valence electrons. The Labute approximate surface area is 217 Å². The number of aromatic nitrogens is 3. The highest BCUT2D eigenvalue weighted by molar-refractivity contribution is 7.78. The summed E-state index contributed by atoms with van der Waals surface area (Å²) in [5.41, 5.74) is 1.50. The zero-order valence-electron chi connectivity index (χ0n) is 19.0. The summed E-state index contributed by atoms with van der Waals surface area (Å²) in [5.74, 6) is -0.357. The maximum Gasteiger partial charge on any atom is 0.248 e. The lowest BCUT2D eigenvalue weighted by Gasteiger charge is -2.45. The summed E-state index contributed by atoms with van der Waals surface area (Å²) >= 11 is 12.5. The Morgan fingerprint density at radius 1 is 1.17 bits per heavy atom. The number of carbonyl (C=O) groups is 2. The van der Waals surface area contributed by atoms with Gasteiger partial charge in [0.05, 0.1) is 11.4 Å². The van der Waals surface area contributed by atoms with Gasteiger partial charge in [-0.1, -0.05) is 48.7 Å². The average Bonchev–Trinajstić information content (AvgIpc) is 3.48. The summed E-state index contributed by atoms with van der Waals surface area (Å²) in [4.78, 5) is 32.2. The first kappa shape index (κ1) is 23.6. The fraction of sp³-hybridized carbons (Fsp3) is 0.200. The number of carbonyl (C=O) groups excluding carboxylic acids is 2. The van der Waals surface area contributed by atoms with Crippen molar-refractivity contribution in [1.29, 1.82) is 0 Å². The quantitative estimate of drug-likeness (QED) is 0.276. The Morgan fingerprint density at radius 2 is 1.97 bits per heavy atom. The first-order valence-electron chi connectivity index (χ1n) is 10.9. The van der Waals surface area contributed by atoms with E-state index in [-0.39, 0.29) is 12.2 Å². The number of Topliss-reactive ketones (excluding diaryl/α,β-unsaturated/α-hetero) is 1. The topological polar surface area (TPSA) is 80.1 Å². The van der Waals surface area contributed by atoms with E-state index in [1.165, 1.54) is 15.6 Å². The molecule has 0 spiro atoms. The summed E-state index contributed by atoms with van der Waals surface area (Å²) in [6.07, 6.45) is 0.0101. The minimum atomic E-state index is -1.17. The molecule has 0 aliphatic carbocycles. The minimum absolute atomic E-state index is 0.0101. The van der Waals surface area contributed by atoms with Crippen LogP contribution in [0.15, 0.2) is 65.4 Å². The molecule has 1 aliphatic heterocycles. The third-order valence-corrected chi connectivity index (χ3v) is 7.78. The number of piperidine rings is 1. The van der Waals surface area contributed by atoms with Crippen LogP contribution in [-0.4, -0.2) is 30.8 Å². The van der Waals surface area contributed by atoms with Crippen molar-refractivity contribution in [1.82, 2.24) is 19.1 Å². The van der Waals surface area contributed by atoms with Crippen molar-refractivity contribution in [3.05, 3.63) is 92.9 Å². The Bertz CT molecular complexity index is 1420. The summed E-state index contributed by atoms with van der Waals surface area (Å²) in [5, 5.41) is 11.8. The van der Waals surface area contributed by atoms with Gasteiger partial charge in [0.15, 0.2) is 5.78 Å². The first-order valence-corrected chi connectivity index (χ1v) is 12.6. The second-order valence-electron chi connectivity index (χ2n) is 8.45. The lowest BCUT2D eigenvalue weighted by molar-refractivity contribution is -0.142. The summed E-state index contributed by atoms with van der Waals surface area (Å²) in [6, 6.07) is 16.2. The largest absolute Gasteiger partial charge is 0.325 e. The molecule has 4 heterocycles. The fourth-order valence-electron chi connectivity index (χ4n) is 4.56. The number of hydrogen-bond acceptors (Lipinski definition) is 7. The van der Waals surface area contributed by atoms with Crippen LogP contribution < -0.4 is 5.32 Å². The van der Waals surface area contributed by atoms with E-state index in [0.29, 0.717) is 22.1 Å². The van der Waals surface area contributed by atoms with Gasteiger partial charge in [-0.05, 0) is 53.1 Å². The number of rotatable bonds is 5. The van der Waals surface area contributed by atoms with E-state index in [4.69, 9.17) is 29.4 Å². The number of nitrogens with one attached hydrogen (secondary N) is 1. The van der Waals surface area contributed by atoms with Gasteiger partial charge in [0.25, 0.3) is 0 Å². The number of nitrogens with zero attached hydrogens (tertiary/aromatic N) is 4. The third kappa shape index (κ3) is 4.03. The molecule has 1 aliphatic rings. The van der Waals surface area contributed by atoms with Crippen LogP contribution in [0.4, 0.5) is 11.6 Å². The number of amides is 1. The van der Waals surface area contributed by atoms with Crippen LogP contribution in [0.2, 0.25) is 5.02 Å². The zero-order valence-corrected chi connectivity index (χ0v) is 21.4. The average molecular weight is 524 g/mol. The van der Waals surface area contributed by atoms with Crippen molar-refractivity contribution in [3.63, 3.8) is 0 Å². The van der Waals surface area contributed by atoms with Crippen molar-refractivity contribution in [3.8, 4) is 0 Å². The predicted octanol–water partition coefficient (Wildman–Crippen LogP) is 5.26. The molecule has 1 amide bonds. The molecule has 10 heteroatoms. The van der Waals surface area contributed by atoms with Crippen LogP contribution in [0.3, 0.4) is 0 Å². The molecule has 7 nitrogen and oxygen atoms in total. The van der Waals surface area contributed by atoms with E-state index in [9.17, 15) is 9.59 Å². The smallest absolute Gasteiger partial charge is 0.248 e. The molecule has 1 aromatic carbocycles. The Morgan fingerprint density at radius 3 is 2.66 bits per heavy atom. The zero-order chi connectivity index (χ0) is 24.7. The third-order valence-electron chi connectivity index (χ3n) is 6.22. The number of halogens is 1. The van der Waals surface area contributed by atoms with Gasteiger partial charge in [-0.3, -0.25) is 18.6 Å². The second-order valence-corrected chi connectivity index (χ2v) is 10.0. The van der Waals surface area contributed by atoms with Gasteiger partial charge in [-0.2, -0.15) is 16.4 Å². The molecule has 0 saturated carbocycles. The molecule has 3 aromatic heterocycles. The molecule has 0 radical (unpaired) electrons. The normalized spacial score (nSPS) is 20.3. The predicted molar refractivity (Wildman–Crippen MR) is 140 cm³/mol. The van der Waals surface area contributed by atoms with Crippen molar-refractivity contribution < 1.29 is 9.59 Å². The highest BCUT2D eigenvalue weighted by Crippen LogP contribution is 2.48. The van der Waals surface area contributed by atoms with Crippen LogP contribution in [0.1, 0.15) is 34.9 Å². The van der Waals surface area contributed by atoms with E-state index in [1.54, 1.807) is 28.9 Å². The number of ketones is 1. The van der Waals surface area contributed by atoms with E-state index < -0.39 is 17.4 Å². The summed E-state index contributed by atoms with van der Waals surface area (Å²) in [7, 11) is 1.84. The maximum atomic E-state index is 13.7. The van der Waals surface area contributed by atoms with Gasteiger partial charge in [-0.15, -0.1) is 0 Å². The van der Waals surface area contributed by atoms with E-state index >= 15 is 0 Å².